The van der Waals surface area contributed by atoms with Crippen molar-refractivity contribution in [3.63, 3.8) is 0 Å². The van der Waals surface area contributed by atoms with Crippen molar-refractivity contribution in [1.29, 1.82) is 0 Å². The molecular formula is C40H50Cl2N2O10. The molecule has 1 aromatic rings. The third-order valence-electron chi connectivity index (χ3n) is 11.6. The Bertz CT molecular complexity index is 1760. The summed E-state index contributed by atoms with van der Waals surface area (Å²) in [5, 5.41) is 46.1. The van der Waals surface area contributed by atoms with Gasteiger partial charge in [0.05, 0.1) is 17.7 Å². The Kier molecular flexibility index (Phi) is 13.4. The van der Waals surface area contributed by atoms with Crippen LogP contribution in [0, 0.1) is 46.8 Å². The van der Waals surface area contributed by atoms with Crippen molar-refractivity contribution in [3.8, 4) is 0 Å². The van der Waals surface area contributed by atoms with Gasteiger partial charge in [0.25, 0.3) is 5.91 Å². The Balaban J connectivity index is 1.47. The van der Waals surface area contributed by atoms with Gasteiger partial charge in [0, 0.05) is 28.7 Å². The first-order chi connectivity index (χ1) is 25.6. The first-order valence-electron chi connectivity index (χ1n) is 18.5. The van der Waals surface area contributed by atoms with Crippen LogP contribution in [-0.2, 0) is 23.9 Å². The molecule has 6 N–H and O–H groups in total. The first kappa shape index (κ1) is 41.5. The van der Waals surface area contributed by atoms with E-state index in [4.69, 9.17) is 32.7 Å². The number of ether oxygens (including phenoxy) is 2. The van der Waals surface area contributed by atoms with E-state index in [1.165, 1.54) is 6.07 Å². The van der Waals surface area contributed by atoms with Gasteiger partial charge in [0.2, 0.25) is 0 Å². The average molecular weight is 790 g/mol. The largest absolute Gasteiger partial charge is 0.511 e. The summed E-state index contributed by atoms with van der Waals surface area (Å²) in [6, 6.07) is 1.40. The second-order valence-electron chi connectivity index (χ2n) is 15.1. The number of fused-ring (bicyclic) bond motifs is 4. The van der Waals surface area contributed by atoms with Gasteiger partial charge >= 0.3 is 11.9 Å². The lowest BCUT2D eigenvalue weighted by molar-refractivity contribution is -0.234. The van der Waals surface area contributed by atoms with Crippen LogP contribution in [-0.4, -0.2) is 74.3 Å². The molecular weight excluding hydrogens is 739 g/mol. The smallest absolute Gasteiger partial charge is 0.342 e. The minimum atomic E-state index is -1.54. The highest BCUT2D eigenvalue weighted by molar-refractivity contribution is 6.36. The molecule has 0 aliphatic heterocycles. The standard InChI is InChI=1S/C40H50Cl2N2O10/c1-5-22-16-27-34(46)32(39(51)52)35(47)31-23(10-8-6-7-9-15-40(27,4)18-26(22)38(49)50)12-14-25-24(31)13-11-20(2)36(25)54-30(19-45)53-21(3)43-37(48)33-28(41)17-29(42)44-33/h6,8-9,12,14-15,17-18,20-25,27,30-31,36,44-45,47H,5,7,10-11,13,16,19H2,1-4H3,(H,43,48)(H,49,50)(H,51,52)/b8-6+,15-9+,35-32-/t20-,21?,22?,23?,24?,25?,27?,30?,31?,36-,40-/m0/s1. The molecule has 0 saturated heterocycles. The third-order valence-corrected chi connectivity index (χ3v) is 12.1. The normalized spacial score (nSPS) is 35.0. The van der Waals surface area contributed by atoms with Gasteiger partial charge in [-0.05, 0) is 75.2 Å². The molecule has 1 aromatic heterocycles. The van der Waals surface area contributed by atoms with Crippen molar-refractivity contribution in [2.75, 3.05) is 6.61 Å². The maximum absolute atomic E-state index is 14.5. The number of aliphatic hydroxyl groups excluding tert-OH is 2. The number of H-pyrrole nitrogens is 1. The summed E-state index contributed by atoms with van der Waals surface area (Å²) < 4.78 is 12.3. The van der Waals surface area contributed by atoms with Gasteiger partial charge in [-0.1, -0.05) is 86.5 Å². The second kappa shape index (κ2) is 17.4. The number of carbonyl (C=O) groups excluding carboxylic acids is 2. The molecule has 14 heteroatoms. The summed E-state index contributed by atoms with van der Waals surface area (Å²) in [5.74, 6) is -7.61. The van der Waals surface area contributed by atoms with E-state index in [2.05, 4.69) is 10.3 Å². The van der Waals surface area contributed by atoms with Crippen molar-refractivity contribution >= 4 is 46.8 Å². The highest BCUT2D eigenvalue weighted by Crippen LogP contribution is 2.51. The van der Waals surface area contributed by atoms with Gasteiger partial charge in [0.15, 0.2) is 12.1 Å². The molecule has 1 fully saturated rings. The van der Waals surface area contributed by atoms with Crippen molar-refractivity contribution in [1.82, 2.24) is 10.3 Å². The van der Waals surface area contributed by atoms with Crippen molar-refractivity contribution in [2.45, 2.75) is 84.8 Å². The van der Waals surface area contributed by atoms with Crippen molar-refractivity contribution in [2.24, 2.45) is 46.8 Å². The highest BCUT2D eigenvalue weighted by atomic mass is 35.5. The zero-order chi connectivity index (χ0) is 39.5. The lowest BCUT2D eigenvalue weighted by atomic mass is 9.59. The number of aliphatic carboxylic acids is 2. The predicted molar refractivity (Wildman–Crippen MR) is 202 cm³/mol. The SMILES string of the molecule is CCC1CC2C(=O)/C(C(=O)O)=C(/O)C3C(C=CC4C3CC[C@H](C)[C@@H]4OC(CO)OC(C)NC(=O)c3[nH]c(Cl)cc3Cl)C/C=C/C/C=C/[C@@]2(C)C=C1C(=O)O. The van der Waals surface area contributed by atoms with Crippen molar-refractivity contribution in [3.05, 3.63) is 81.4 Å². The lowest BCUT2D eigenvalue weighted by Crippen LogP contribution is -2.49. The number of carboxylic acid groups (broad SMARTS) is 2. The molecule has 8 unspecified atom stereocenters. The van der Waals surface area contributed by atoms with Crippen LogP contribution < -0.4 is 5.32 Å². The summed E-state index contributed by atoms with van der Waals surface area (Å²) in [4.78, 5) is 55.3. The minimum absolute atomic E-state index is 0.0357. The van der Waals surface area contributed by atoms with Crippen molar-refractivity contribution < 1.29 is 49.1 Å². The van der Waals surface area contributed by atoms with Gasteiger partial charge in [-0.3, -0.25) is 9.59 Å². The molecule has 0 aromatic carbocycles. The number of aliphatic hydroxyl groups is 2. The van der Waals surface area contributed by atoms with E-state index in [1.54, 1.807) is 26.0 Å². The van der Waals surface area contributed by atoms with Crippen LogP contribution in [0.3, 0.4) is 0 Å². The number of halogens is 2. The molecule has 1 saturated carbocycles. The number of amides is 1. The number of rotatable bonds is 10. The van der Waals surface area contributed by atoms with Gasteiger partial charge in [-0.15, -0.1) is 0 Å². The number of Topliss-reactive ketones (excluding diaryl/α,β-unsaturated/α-hetero) is 1. The summed E-state index contributed by atoms with van der Waals surface area (Å²) in [5.41, 5.74) is -1.54. The molecule has 11 atom stereocenters. The van der Waals surface area contributed by atoms with Crippen LogP contribution in [0.2, 0.25) is 10.2 Å². The van der Waals surface area contributed by atoms with E-state index in [0.29, 0.717) is 32.1 Å². The molecule has 0 bridgehead atoms. The average Bonchev–Trinajstić information content (AvgIpc) is 3.46. The predicted octanol–water partition coefficient (Wildman–Crippen LogP) is 7.02. The number of ketones is 1. The summed E-state index contributed by atoms with van der Waals surface area (Å²) >= 11 is 12.0. The van der Waals surface area contributed by atoms with Crippen LogP contribution in [0.1, 0.15) is 76.7 Å². The Morgan fingerprint density at radius 3 is 2.48 bits per heavy atom. The van der Waals surface area contributed by atoms with Crippen LogP contribution in [0.4, 0.5) is 0 Å². The van der Waals surface area contributed by atoms with E-state index < -0.39 is 83.4 Å². The molecule has 294 valence electrons. The second-order valence-corrected chi connectivity index (χ2v) is 15.9. The molecule has 54 heavy (non-hydrogen) atoms. The fourth-order valence-corrected chi connectivity index (χ4v) is 9.38. The third kappa shape index (κ3) is 8.73. The molecule has 12 nitrogen and oxygen atoms in total. The summed E-state index contributed by atoms with van der Waals surface area (Å²) in [7, 11) is 0. The number of aromatic nitrogens is 1. The maximum Gasteiger partial charge on any atom is 0.342 e. The van der Waals surface area contributed by atoms with Gasteiger partial charge < -0.3 is 40.2 Å². The monoisotopic (exact) mass is 788 g/mol. The Hall–Kier alpha value is -3.68. The van der Waals surface area contributed by atoms with Crippen LogP contribution in [0.25, 0.3) is 0 Å². The fourth-order valence-electron chi connectivity index (χ4n) is 8.87. The van der Waals surface area contributed by atoms with Gasteiger partial charge in [-0.2, -0.15) is 0 Å². The number of carbonyl (C=O) groups is 4. The molecule has 5 rings (SSSR count). The topological polar surface area (TPSA) is 195 Å². The number of allylic oxidation sites excluding steroid dienone is 7. The van der Waals surface area contributed by atoms with Crippen LogP contribution >= 0.6 is 23.2 Å². The quantitative estimate of drug-likeness (QED) is 0.0815. The number of hydrogen-bond acceptors (Lipinski definition) is 8. The molecule has 4 aliphatic carbocycles. The Labute approximate surface area is 325 Å². The van der Waals surface area contributed by atoms with Gasteiger partial charge in [0.1, 0.15) is 28.4 Å². The highest BCUT2D eigenvalue weighted by Gasteiger charge is 2.50. The van der Waals surface area contributed by atoms with Crippen LogP contribution in [0.5, 0.6) is 0 Å². The van der Waals surface area contributed by atoms with E-state index in [-0.39, 0.29) is 51.5 Å². The molecule has 0 spiro atoms. The number of hydrogen-bond donors (Lipinski definition) is 6. The van der Waals surface area contributed by atoms with E-state index in [1.807, 2.05) is 44.2 Å². The van der Waals surface area contributed by atoms with E-state index in [0.717, 1.165) is 0 Å². The fraction of sp³-hybridized carbons (Fsp3) is 0.550. The lowest BCUT2D eigenvalue weighted by Gasteiger charge is -2.48. The number of aromatic amines is 1. The maximum atomic E-state index is 14.5. The Morgan fingerprint density at radius 2 is 1.85 bits per heavy atom. The molecule has 0 radical (unpaired) electrons. The van der Waals surface area contributed by atoms with E-state index in [9.17, 15) is 39.6 Å². The number of nitrogens with one attached hydrogen (secondary N) is 2. The first-order valence-corrected chi connectivity index (χ1v) is 19.3. The molecule has 1 heterocycles. The summed E-state index contributed by atoms with van der Waals surface area (Å²) in [6.07, 6.45) is 13.3. The zero-order valence-electron chi connectivity index (χ0n) is 30.8. The Morgan fingerprint density at radius 1 is 1.11 bits per heavy atom. The zero-order valence-corrected chi connectivity index (χ0v) is 32.3. The molecule has 4 aliphatic rings. The summed E-state index contributed by atoms with van der Waals surface area (Å²) in [6.45, 7) is 6.62. The van der Waals surface area contributed by atoms with Crippen LogP contribution in [0.15, 0.2) is 65.5 Å². The van der Waals surface area contributed by atoms with Gasteiger partial charge in [-0.25, -0.2) is 9.59 Å². The molecule has 1 amide bonds. The van der Waals surface area contributed by atoms with E-state index >= 15 is 0 Å². The number of carboxylic acids is 2. The minimum Gasteiger partial charge on any atom is -0.511 e.